The summed E-state index contributed by atoms with van der Waals surface area (Å²) in [6.45, 7) is 4.77. The first-order chi connectivity index (χ1) is 11.8. The molecule has 2 aromatic rings. The Morgan fingerprint density at radius 2 is 1.96 bits per heavy atom. The van der Waals surface area contributed by atoms with E-state index in [0.717, 1.165) is 22.3 Å². The lowest BCUT2D eigenvalue weighted by Crippen LogP contribution is -2.48. The standard InChI is InChI=1S/C16H18F3N3O2S/c1-10-3-4-13(15-14(10)20-5-6-21-15)22-7-11(2)24-12(8-22)9-23-25-16(17,18)19/h3-6,11-12H,7-9H2,1-2H3. The van der Waals surface area contributed by atoms with Gasteiger partial charge in [-0.2, -0.15) is 13.2 Å². The van der Waals surface area contributed by atoms with E-state index in [1.54, 1.807) is 12.4 Å². The molecule has 2 heterocycles. The van der Waals surface area contributed by atoms with E-state index >= 15 is 0 Å². The SMILES string of the molecule is Cc1ccc(N2CC(C)OC(COSC(F)(F)F)C2)c2nccnc12. The molecule has 1 fully saturated rings. The summed E-state index contributed by atoms with van der Waals surface area (Å²) in [6, 6.07) is 3.93. The summed E-state index contributed by atoms with van der Waals surface area (Å²) in [5.74, 6) is 0. The van der Waals surface area contributed by atoms with Crippen LogP contribution in [0.2, 0.25) is 0 Å². The van der Waals surface area contributed by atoms with Crippen LogP contribution in [0.4, 0.5) is 18.9 Å². The van der Waals surface area contributed by atoms with Gasteiger partial charge in [-0.15, -0.1) is 0 Å². The maximum absolute atomic E-state index is 12.2. The van der Waals surface area contributed by atoms with Gasteiger partial charge in [-0.1, -0.05) is 6.07 Å². The van der Waals surface area contributed by atoms with Gasteiger partial charge in [-0.05, 0) is 25.5 Å². The number of aromatic nitrogens is 2. The predicted molar refractivity (Wildman–Crippen MR) is 90.4 cm³/mol. The summed E-state index contributed by atoms with van der Waals surface area (Å²) in [4.78, 5) is 10.9. The van der Waals surface area contributed by atoms with Crippen molar-refractivity contribution in [3.8, 4) is 0 Å². The molecule has 136 valence electrons. The highest BCUT2D eigenvalue weighted by Crippen LogP contribution is 2.32. The predicted octanol–water partition coefficient (Wildman–Crippen LogP) is 3.72. The van der Waals surface area contributed by atoms with E-state index in [-0.39, 0.29) is 12.7 Å². The smallest absolute Gasteiger partial charge is 0.369 e. The van der Waals surface area contributed by atoms with Crippen LogP contribution in [0.15, 0.2) is 24.5 Å². The van der Waals surface area contributed by atoms with Crippen molar-refractivity contribution < 1.29 is 22.1 Å². The Morgan fingerprint density at radius 3 is 2.68 bits per heavy atom. The Kier molecular flexibility index (Phi) is 5.35. The van der Waals surface area contributed by atoms with Crippen LogP contribution in [-0.2, 0) is 8.92 Å². The first kappa shape index (κ1) is 18.2. The van der Waals surface area contributed by atoms with Crippen LogP contribution in [0.25, 0.3) is 11.0 Å². The molecule has 5 nitrogen and oxygen atoms in total. The summed E-state index contributed by atoms with van der Waals surface area (Å²) in [7, 11) is 0. The largest absolute Gasteiger partial charge is 0.467 e. The van der Waals surface area contributed by atoms with Gasteiger partial charge >= 0.3 is 5.51 Å². The minimum Gasteiger partial charge on any atom is -0.369 e. The molecule has 0 amide bonds. The van der Waals surface area contributed by atoms with Gasteiger partial charge in [0.15, 0.2) is 0 Å². The molecule has 0 spiro atoms. The highest BCUT2D eigenvalue weighted by Gasteiger charge is 2.32. The molecule has 0 radical (unpaired) electrons. The van der Waals surface area contributed by atoms with Crippen molar-refractivity contribution in [1.29, 1.82) is 0 Å². The Hall–Kier alpha value is -1.58. The fraction of sp³-hybridized carbons (Fsp3) is 0.500. The van der Waals surface area contributed by atoms with Gasteiger partial charge in [0.05, 0.1) is 30.0 Å². The zero-order valence-electron chi connectivity index (χ0n) is 13.8. The van der Waals surface area contributed by atoms with Crippen LogP contribution in [0.1, 0.15) is 12.5 Å². The van der Waals surface area contributed by atoms with E-state index in [1.807, 2.05) is 26.0 Å². The molecule has 1 saturated heterocycles. The van der Waals surface area contributed by atoms with Crippen molar-refractivity contribution in [3.63, 3.8) is 0 Å². The van der Waals surface area contributed by atoms with Crippen molar-refractivity contribution in [1.82, 2.24) is 9.97 Å². The average Bonchev–Trinajstić information content (AvgIpc) is 2.54. The zero-order valence-corrected chi connectivity index (χ0v) is 14.6. The maximum atomic E-state index is 12.2. The number of halogens is 3. The molecular weight excluding hydrogens is 355 g/mol. The van der Waals surface area contributed by atoms with Crippen LogP contribution in [0.3, 0.4) is 0 Å². The molecular formula is C16H18F3N3O2S. The number of rotatable bonds is 4. The van der Waals surface area contributed by atoms with Crippen LogP contribution in [0, 0.1) is 6.92 Å². The molecule has 9 heteroatoms. The molecule has 0 N–H and O–H groups in total. The minimum absolute atomic E-state index is 0.133. The second-order valence-electron chi connectivity index (χ2n) is 5.94. The lowest BCUT2D eigenvalue weighted by Gasteiger charge is -2.38. The molecule has 0 saturated carbocycles. The van der Waals surface area contributed by atoms with E-state index in [9.17, 15) is 13.2 Å². The molecule has 1 aliphatic rings. The highest BCUT2D eigenvalue weighted by atomic mass is 32.2. The normalized spacial score (nSPS) is 21.7. The van der Waals surface area contributed by atoms with Gasteiger partial charge in [-0.25, -0.2) is 0 Å². The number of ether oxygens (including phenoxy) is 1. The monoisotopic (exact) mass is 373 g/mol. The van der Waals surface area contributed by atoms with Gasteiger partial charge in [-0.3, -0.25) is 9.97 Å². The van der Waals surface area contributed by atoms with Gasteiger partial charge < -0.3 is 13.8 Å². The quantitative estimate of drug-likeness (QED) is 0.762. The molecule has 25 heavy (non-hydrogen) atoms. The third kappa shape index (κ3) is 4.53. The summed E-state index contributed by atoms with van der Waals surface area (Å²) >= 11 is -0.491. The first-order valence-electron chi connectivity index (χ1n) is 7.81. The number of anilines is 1. The number of fused-ring (bicyclic) bond motifs is 1. The molecule has 2 atom stereocenters. The number of hydrogen-bond acceptors (Lipinski definition) is 6. The summed E-state index contributed by atoms with van der Waals surface area (Å²) in [6.07, 6.45) is 2.69. The Bertz CT molecular complexity index is 744. The van der Waals surface area contributed by atoms with E-state index < -0.39 is 23.7 Å². The Labute approximate surface area is 147 Å². The fourth-order valence-corrected chi connectivity index (χ4v) is 3.30. The molecule has 2 unspecified atom stereocenters. The van der Waals surface area contributed by atoms with Gasteiger partial charge in [0, 0.05) is 25.5 Å². The highest BCUT2D eigenvalue weighted by molar-refractivity contribution is 7.95. The zero-order chi connectivity index (χ0) is 18.0. The third-order valence-electron chi connectivity index (χ3n) is 3.88. The van der Waals surface area contributed by atoms with Crippen molar-refractivity contribution in [2.24, 2.45) is 0 Å². The molecule has 1 aromatic carbocycles. The van der Waals surface area contributed by atoms with Crippen molar-refractivity contribution in [3.05, 3.63) is 30.1 Å². The second kappa shape index (κ2) is 7.35. The van der Waals surface area contributed by atoms with Crippen LogP contribution in [-0.4, -0.2) is 47.4 Å². The first-order valence-corrected chi connectivity index (χ1v) is 8.56. The third-order valence-corrected chi connectivity index (χ3v) is 4.32. The maximum Gasteiger partial charge on any atom is 0.467 e. The number of alkyl halides is 3. The minimum atomic E-state index is -4.41. The number of hydrogen-bond donors (Lipinski definition) is 0. The topological polar surface area (TPSA) is 47.5 Å². The van der Waals surface area contributed by atoms with Crippen molar-refractivity contribution in [2.75, 3.05) is 24.6 Å². The number of benzene rings is 1. The molecule has 0 bridgehead atoms. The summed E-state index contributed by atoms with van der Waals surface area (Å²) in [5, 5.41) is 0. The van der Waals surface area contributed by atoms with Crippen molar-refractivity contribution in [2.45, 2.75) is 31.6 Å². The van der Waals surface area contributed by atoms with Gasteiger partial charge in [0.25, 0.3) is 0 Å². The van der Waals surface area contributed by atoms with Crippen molar-refractivity contribution >= 4 is 28.8 Å². The van der Waals surface area contributed by atoms with E-state index in [4.69, 9.17) is 4.74 Å². The van der Waals surface area contributed by atoms with Gasteiger partial charge in [0.1, 0.15) is 17.6 Å². The number of aryl methyl sites for hydroxylation is 1. The van der Waals surface area contributed by atoms with E-state index in [1.165, 1.54) is 0 Å². The molecule has 3 rings (SSSR count). The van der Waals surface area contributed by atoms with E-state index in [2.05, 4.69) is 19.1 Å². The van der Waals surface area contributed by atoms with E-state index in [0.29, 0.717) is 13.1 Å². The Morgan fingerprint density at radius 1 is 1.24 bits per heavy atom. The number of nitrogens with zero attached hydrogens (tertiary/aromatic N) is 3. The Balaban J connectivity index is 1.77. The second-order valence-corrected chi connectivity index (χ2v) is 6.81. The lowest BCUT2D eigenvalue weighted by atomic mass is 10.1. The summed E-state index contributed by atoms with van der Waals surface area (Å²) < 4.78 is 47.0. The average molecular weight is 373 g/mol. The molecule has 1 aromatic heterocycles. The fourth-order valence-electron chi connectivity index (χ4n) is 2.94. The van der Waals surface area contributed by atoms with Gasteiger partial charge in [0.2, 0.25) is 0 Å². The lowest BCUT2D eigenvalue weighted by molar-refractivity contribution is -0.0521. The van der Waals surface area contributed by atoms with Crippen LogP contribution >= 0.6 is 12.0 Å². The molecule has 1 aliphatic heterocycles. The summed E-state index contributed by atoms with van der Waals surface area (Å²) in [5.41, 5.74) is -0.893. The van der Waals surface area contributed by atoms with Crippen LogP contribution < -0.4 is 4.90 Å². The van der Waals surface area contributed by atoms with Crippen LogP contribution in [0.5, 0.6) is 0 Å². The number of morpholine rings is 1. The molecule has 0 aliphatic carbocycles.